The fourth-order valence-electron chi connectivity index (χ4n) is 6.59. The van der Waals surface area contributed by atoms with Crippen LogP contribution in [0, 0.1) is 5.82 Å². The van der Waals surface area contributed by atoms with Gasteiger partial charge in [0.2, 0.25) is 5.91 Å². The number of carbonyl (C=O) groups is 2. The summed E-state index contributed by atoms with van der Waals surface area (Å²) in [6, 6.07) is 10.8. The number of hydroxylamine groups is 2. The summed E-state index contributed by atoms with van der Waals surface area (Å²) in [6.07, 6.45) is 0.308. The Labute approximate surface area is 246 Å². The molecule has 0 radical (unpaired) electrons. The Kier molecular flexibility index (Phi) is 7.42. The first kappa shape index (κ1) is 29.1. The lowest BCUT2D eigenvalue weighted by molar-refractivity contribution is -0.143. The molecule has 216 valence electrons. The fourth-order valence-corrected chi connectivity index (χ4v) is 6.95. The number of rotatable bonds is 4. The Morgan fingerprint density at radius 3 is 2.63 bits per heavy atom. The van der Waals surface area contributed by atoms with Crippen LogP contribution in [0.1, 0.15) is 52.9 Å². The first-order valence-electron chi connectivity index (χ1n) is 12.5. The average Bonchev–Trinajstić information content (AvgIpc) is 3.53. The van der Waals surface area contributed by atoms with Crippen molar-refractivity contribution < 1.29 is 28.7 Å². The van der Waals surface area contributed by atoms with E-state index in [4.69, 9.17) is 38.4 Å². The summed E-state index contributed by atoms with van der Waals surface area (Å²) in [7, 11) is 2.66. The normalized spacial score (nSPS) is 26.3. The average molecular weight is 603 g/mol. The van der Waals surface area contributed by atoms with E-state index in [-0.39, 0.29) is 35.0 Å². The summed E-state index contributed by atoms with van der Waals surface area (Å²) >= 11 is 12.4. The van der Waals surface area contributed by atoms with E-state index in [0.29, 0.717) is 28.3 Å². The Morgan fingerprint density at radius 1 is 1.17 bits per heavy atom. The van der Waals surface area contributed by atoms with Gasteiger partial charge in [0.15, 0.2) is 0 Å². The van der Waals surface area contributed by atoms with Gasteiger partial charge in [-0.25, -0.2) is 9.18 Å². The van der Waals surface area contributed by atoms with Crippen LogP contribution >= 0.6 is 23.2 Å². The molecule has 0 saturated carbocycles. The van der Waals surface area contributed by atoms with Gasteiger partial charge in [-0.05, 0) is 47.9 Å². The summed E-state index contributed by atoms with van der Waals surface area (Å²) in [6.45, 7) is 0. The quantitative estimate of drug-likeness (QED) is 0.235. The predicted octanol–water partition coefficient (Wildman–Crippen LogP) is 5.25. The minimum absolute atomic E-state index is 0. The van der Waals surface area contributed by atoms with Crippen LogP contribution in [-0.4, -0.2) is 48.5 Å². The van der Waals surface area contributed by atoms with E-state index in [1.807, 2.05) is 0 Å². The number of hydrogen-bond donors (Lipinski definition) is 4. The molecule has 3 aliphatic heterocycles. The van der Waals surface area contributed by atoms with Gasteiger partial charge in [-0.2, -0.15) is 5.06 Å². The minimum Gasteiger partial charge on any atom is -0.496 e. The number of halogens is 3. The molecule has 41 heavy (non-hydrogen) atoms. The van der Waals surface area contributed by atoms with E-state index in [0.717, 1.165) is 5.06 Å². The molecule has 3 aromatic rings. The molecule has 2 fully saturated rings. The van der Waals surface area contributed by atoms with Gasteiger partial charge in [-0.15, -0.1) is 0 Å². The molecule has 5 N–H and O–H groups in total. The molecule has 5 atom stereocenters. The second-order valence-electron chi connectivity index (χ2n) is 10.1. The van der Waals surface area contributed by atoms with E-state index in [1.54, 1.807) is 36.4 Å². The molecule has 9 nitrogen and oxygen atoms in total. The van der Waals surface area contributed by atoms with Crippen LogP contribution in [0.3, 0.4) is 0 Å². The van der Waals surface area contributed by atoms with Crippen LogP contribution in [0.25, 0.3) is 0 Å². The highest BCUT2D eigenvalue weighted by molar-refractivity contribution is 6.31. The number of benzene rings is 3. The Morgan fingerprint density at radius 2 is 1.93 bits per heavy atom. The van der Waals surface area contributed by atoms with Crippen molar-refractivity contribution in [1.29, 1.82) is 0 Å². The van der Waals surface area contributed by atoms with E-state index >= 15 is 4.39 Å². The molecule has 1 spiro atoms. The number of nitrogens with zero attached hydrogens (tertiary/aromatic N) is 1. The number of methoxy groups -OCH3 is 2. The van der Waals surface area contributed by atoms with Crippen molar-refractivity contribution in [1.82, 2.24) is 10.4 Å². The highest BCUT2D eigenvalue weighted by atomic mass is 35.5. The molecule has 3 aromatic carbocycles. The lowest BCUT2D eigenvalue weighted by Gasteiger charge is -2.36. The third-order valence-corrected chi connectivity index (χ3v) is 8.76. The molecule has 0 bridgehead atoms. The number of carbonyl (C=O) groups excluding carboxylic acids is 2. The first-order chi connectivity index (χ1) is 19.1. The standard InChI is InChI=1S/C28H25Cl2FN4O5.CH4/c1-39-22-10-14(18(32)9-15(22)26(36)40-2)21-11-20-25(35(21)38)23(13-4-3-5-17(30)24(13)31)28(34-20)16-7-6-12(29)8-19(16)33-27(28)37;/h3-10,20-21,23,25,34,38H,11,32H2,1-2H3,(H,33,37);1H4/t20-,21?,23-,25+,28+;/m0./s1. The maximum atomic E-state index is 15.7. The van der Waals surface area contributed by atoms with Crippen LogP contribution < -0.4 is 21.1 Å². The van der Waals surface area contributed by atoms with Crippen LogP contribution in [0.2, 0.25) is 10.0 Å². The number of nitrogen functional groups attached to an aromatic ring is 1. The minimum atomic E-state index is -1.41. The molecule has 1 amide bonds. The zero-order valence-electron chi connectivity index (χ0n) is 21.4. The zero-order valence-corrected chi connectivity index (χ0v) is 22.9. The fraction of sp³-hybridized carbons (Fsp3) is 0.310. The SMILES string of the molecule is C.COC(=O)c1cc(N)c(C2C[C@@H]3N[C@@]4(C(=O)Nc5cc(Cl)ccc54)[C@@H](c4cccc(Cl)c4F)[C@@H]3N2O)cc1OC. The maximum absolute atomic E-state index is 15.7. The van der Waals surface area contributed by atoms with Crippen molar-refractivity contribution in [3.05, 3.63) is 86.6 Å². The van der Waals surface area contributed by atoms with E-state index in [2.05, 4.69) is 10.6 Å². The molecule has 3 aliphatic rings. The van der Waals surface area contributed by atoms with Gasteiger partial charge in [-0.3, -0.25) is 10.1 Å². The molecule has 0 aromatic heterocycles. The number of esters is 1. The van der Waals surface area contributed by atoms with Crippen LogP contribution in [-0.2, 0) is 15.1 Å². The number of nitrogens with two attached hydrogens (primary N) is 1. The number of amides is 1. The Bertz CT molecular complexity index is 1570. The van der Waals surface area contributed by atoms with E-state index in [1.165, 1.54) is 26.4 Å². The number of anilines is 2. The zero-order chi connectivity index (χ0) is 28.5. The molecular formula is C29H29Cl2FN4O5. The molecule has 2 saturated heterocycles. The van der Waals surface area contributed by atoms with Gasteiger partial charge >= 0.3 is 5.97 Å². The molecule has 3 heterocycles. The largest absolute Gasteiger partial charge is 0.496 e. The topological polar surface area (TPSA) is 126 Å². The van der Waals surface area contributed by atoms with E-state index < -0.39 is 47.3 Å². The second-order valence-corrected chi connectivity index (χ2v) is 11.0. The smallest absolute Gasteiger partial charge is 0.341 e. The number of fused-ring (bicyclic) bond motifs is 3. The number of hydrogen-bond acceptors (Lipinski definition) is 8. The van der Waals surface area contributed by atoms with Crippen molar-refractivity contribution in [2.24, 2.45) is 0 Å². The third-order valence-electron chi connectivity index (χ3n) is 8.23. The number of ether oxygens (including phenoxy) is 2. The van der Waals surface area contributed by atoms with Gasteiger partial charge in [0, 0.05) is 33.9 Å². The van der Waals surface area contributed by atoms with Gasteiger partial charge in [0.1, 0.15) is 22.7 Å². The summed E-state index contributed by atoms with van der Waals surface area (Å²) in [5, 5.41) is 19.5. The van der Waals surface area contributed by atoms with E-state index in [9.17, 15) is 14.8 Å². The highest BCUT2D eigenvalue weighted by Crippen LogP contribution is 2.58. The summed E-state index contributed by atoms with van der Waals surface area (Å²) in [5.74, 6) is -2.36. The Hall–Kier alpha value is -3.41. The van der Waals surface area contributed by atoms with Crippen molar-refractivity contribution in [3.63, 3.8) is 0 Å². The highest BCUT2D eigenvalue weighted by Gasteiger charge is 2.66. The molecule has 1 unspecified atom stereocenters. The summed E-state index contributed by atoms with van der Waals surface area (Å²) < 4.78 is 25.9. The Balaban J connectivity index is 0.00000337. The second kappa shape index (κ2) is 10.5. The molecule has 0 aliphatic carbocycles. The van der Waals surface area contributed by atoms with Crippen LogP contribution in [0.15, 0.2) is 48.5 Å². The summed E-state index contributed by atoms with van der Waals surface area (Å²) in [4.78, 5) is 26.0. The number of nitrogens with one attached hydrogen (secondary N) is 2. The van der Waals surface area contributed by atoms with Crippen molar-refractivity contribution >= 4 is 46.5 Å². The van der Waals surface area contributed by atoms with Gasteiger partial charge in [-0.1, -0.05) is 48.8 Å². The molecule has 12 heteroatoms. The van der Waals surface area contributed by atoms with Crippen molar-refractivity contribution in [2.45, 2.75) is 43.4 Å². The lowest BCUT2D eigenvalue weighted by atomic mass is 9.74. The van der Waals surface area contributed by atoms with Crippen LogP contribution in [0.5, 0.6) is 5.75 Å². The van der Waals surface area contributed by atoms with Crippen LogP contribution in [0.4, 0.5) is 15.8 Å². The van der Waals surface area contributed by atoms with Gasteiger partial charge in [0.05, 0.1) is 31.3 Å². The third kappa shape index (κ3) is 4.16. The first-order valence-corrected chi connectivity index (χ1v) is 13.2. The molecular weight excluding hydrogens is 574 g/mol. The van der Waals surface area contributed by atoms with Gasteiger partial charge in [0.25, 0.3) is 0 Å². The van der Waals surface area contributed by atoms with Crippen molar-refractivity contribution in [3.8, 4) is 5.75 Å². The monoisotopic (exact) mass is 602 g/mol. The van der Waals surface area contributed by atoms with Gasteiger partial charge < -0.3 is 25.7 Å². The molecule has 6 rings (SSSR count). The van der Waals surface area contributed by atoms with Crippen molar-refractivity contribution in [2.75, 3.05) is 25.3 Å². The maximum Gasteiger partial charge on any atom is 0.341 e. The lowest BCUT2D eigenvalue weighted by Crippen LogP contribution is -2.50. The summed E-state index contributed by atoms with van der Waals surface area (Å²) in [5.41, 5.74) is 7.11. The predicted molar refractivity (Wildman–Crippen MR) is 153 cm³/mol.